The van der Waals surface area contributed by atoms with Crippen LogP contribution in [-0.4, -0.2) is 279 Å². The predicted molar refractivity (Wildman–Crippen MR) is 287 cm³/mol. The molecule has 9 rings (SSSR count). The van der Waals surface area contributed by atoms with Crippen LogP contribution in [0.1, 0.15) is 107 Å². The normalized spacial score (nSPS) is 52.1. The third kappa shape index (κ3) is 12.4. The molecule has 0 aromatic heterocycles. The fourth-order valence-electron chi connectivity index (χ4n) is 16.9. The molecular formula is C58H96O27. The number of hydrogen-bond donors (Lipinski definition) is 16. The van der Waals surface area contributed by atoms with Crippen LogP contribution in [-0.2, 0) is 52.2 Å². The van der Waals surface area contributed by atoms with Crippen LogP contribution in [0.5, 0.6) is 0 Å². The zero-order chi connectivity index (χ0) is 62.4. The Hall–Kier alpha value is -1.63. The van der Waals surface area contributed by atoms with Crippen molar-refractivity contribution in [1.82, 2.24) is 0 Å². The van der Waals surface area contributed by atoms with E-state index in [0.29, 0.717) is 32.1 Å². The Morgan fingerprint density at radius 1 is 0.588 bits per heavy atom. The van der Waals surface area contributed by atoms with Crippen LogP contribution < -0.4 is 0 Å². The Morgan fingerprint density at radius 2 is 1.19 bits per heavy atom. The van der Waals surface area contributed by atoms with E-state index in [4.69, 9.17) is 47.4 Å². The first-order valence-electron chi connectivity index (χ1n) is 30.1. The Labute approximate surface area is 494 Å². The summed E-state index contributed by atoms with van der Waals surface area (Å²) in [5.41, 5.74) is -4.93. The van der Waals surface area contributed by atoms with E-state index in [0.717, 1.165) is 6.42 Å². The smallest absolute Gasteiger partial charge is 0.187 e. The first kappa shape index (κ1) is 67.8. The SMILES string of the molecule is C[C@@H]1O[C@@H](O[C@H]2[C@H](O[C@H]3CC[C@]4(C)[C@H]5CC[C@@H]6[C@@H]([C@@](C)(O)C/C=C/C(C)(C)O)C(=O)C[C@@]6(CO)[C@]5(C)CC[C@H]4C3(C)C)OC[C@H](O)[C@@H]2O[C@@H]2O[C@H](CO[C@@H]3O[C@H](CO)[C@@H](O)[C@H](O)[C@H]3O)[C@@H](O)[C@H](O)[C@H]2O[C@@H]2OC[C@@H](O)[C@H](O)[C@H]2O)[C@H](O)[C@H](O)[C@H]1O. The monoisotopic (exact) mass is 1220 g/mol. The second kappa shape index (κ2) is 25.5. The van der Waals surface area contributed by atoms with Gasteiger partial charge < -0.3 is 129 Å². The number of ketones is 1. The quantitative estimate of drug-likeness (QED) is 0.0489. The number of hydrogen-bond acceptors (Lipinski definition) is 27. The lowest BCUT2D eigenvalue weighted by Crippen LogP contribution is -2.67. The van der Waals surface area contributed by atoms with Crippen molar-refractivity contribution >= 4 is 5.78 Å². The van der Waals surface area contributed by atoms with E-state index in [-0.39, 0.29) is 48.4 Å². The van der Waals surface area contributed by atoms with Gasteiger partial charge in [0.15, 0.2) is 31.5 Å². The Bertz CT molecular complexity index is 2290. The van der Waals surface area contributed by atoms with E-state index in [2.05, 4.69) is 27.7 Å². The maximum Gasteiger partial charge on any atom is 0.187 e. The second-order valence-corrected chi connectivity index (χ2v) is 27.8. The standard InChI is InChI=1S/C58H96O27/c1-24-35(64)39(68)44(73)50(79-24)85-47-45(83-52-46(84-49-42(71)36(65)27(62)20-76-49)41(70)38(67)30(81-52)22-78-48-43(72)40(69)37(66)29(19-59)80-48)28(63)21-77-51(47)82-33-13-16-55(6)31(54(33,4)5)12-17-56(7)32(55)11-10-25-34(26(61)18-58(25,56)23-60)57(8,75)15-9-14-53(2,3)74/h9,14,24-25,27-52,59-60,62-75H,10-13,15-23H2,1-8H3/b14-9+/t24-,25+,27+,28-,29+,30+,31-,32+,33-,34+,35-,36-,37+,38+,39+,40-,41-,42+,43+,44+,45-,46+,47+,48+,49-,50-,51-,52-,55-,56+,57-,58-/m0/s1. The van der Waals surface area contributed by atoms with Gasteiger partial charge in [-0.15, -0.1) is 0 Å². The lowest BCUT2D eigenvalue weighted by Gasteiger charge is -2.70. The van der Waals surface area contributed by atoms with E-state index < -0.39 is 207 Å². The van der Waals surface area contributed by atoms with Gasteiger partial charge in [0.2, 0.25) is 0 Å². The van der Waals surface area contributed by atoms with E-state index >= 15 is 0 Å². The fraction of sp³-hybridized carbons (Fsp3) is 0.948. The van der Waals surface area contributed by atoms with Crippen molar-refractivity contribution in [1.29, 1.82) is 0 Å². The van der Waals surface area contributed by atoms with Crippen molar-refractivity contribution in [2.24, 2.45) is 45.3 Å². The molecule has 5 aliphatic heterocycles. The second-order valence-electron chi connectivity index (χ2n) is 27.8. The summed E-state index contributed by atoms with van der Waals surface area (Å²) in [7, 11) is 0. The molecule has 4 saturated carbocycles. The fourth-order valence-corrected chi connectivity index (χ4v) is 16.9. The zero-order valence-electron chi connectivity index (χ0n) is 49.7. The number of aliphatic hydroxyl groups excluding tert-OH is 14. The maximum absolute atomic E-state index is 14.3. The summed E-state index contributed by atoms with van der Waals surface area (Å²) in [4.78, 5) is 14.3. The largest absolute Gasteiger partial charge is 0.396 e. The van der Waals surface area contributed by atoms with E-state index in [1.165, 1.54) is 6.92 Å². The van der Waals surface area contributed by atoms with Crippen molar-refractivity contribution in [2.45, 2.75) is 265 Å². The molecule has 9 fully saturated rings. The van der Waals surface area contributed by atoms with Crippen LogP contribution >= 0.6 is 0 Å². The van der Waals surface area contributed by atoms with Gasteiger partial charge in [-0.05, 0) is 107 Å². The molecule has 0 spiro atoms. The number of aliphatic hydroxyl groups is 16. The average Bonchev–Trinajstić information content (AvgIpc) is 1.67. The molecule has 85 heavy (non-hydrogen) atoms. The van der Waals surface area contributed by atoms with Gasteiger partial charge in [0.1, 0.15) is 110 Å². The highest BCUT2D eigenvalue weighted by atomic mass is 16.8. The lowest BCUT2D eigenvalue weighted by atomic mass is 9.35. The van der Waals surface area contributed by atoms with Crippen molar-refractivity contribution in [3.63, 3.8) is 0 Å². The average molecular weight is 1230 g/mol. The summed E-state index contributed by atoms with van der Waals surface area (Å²) >= 11 is 0. The molecule has 0 aromatic rings. The Balaban J connectivity index is 0.995. The number of Topliss-reactive ketones (excluding diaryl/α,β-unsaturated/α-hetero) is 1. The van der Waals surface area contributed by atoms with Gasteiger partial charge in [0.25, 0.3) is 0 Å². The highest BCUT2D eigenvalue weighted by Crippen LogP contribution is 2.75. The van der Waals surface area contributed by atoms with Gasteiger partial charge in [0.05, 0.1) is 49.8 Å². The van der Waals surface area contributed by atoms with Gasteiger partial charge in [-0.1, -0.05) is 39.8 Å². The minimum atomic E-state index is -2.07. The van der Waals surface area contributed by atoms with E-state index in [1.807, 2.05) is 0 Å². The summed E-state index contributed by atoms with van der Waals surface area (Å²) in [5.74, 6) is -1.12. The molecule has 0 unspecified atom stereocenters. The Morgan fingerprint density at radius 3 is 1.86 bits per heavy atom. The molecular weight excluding hydrogens is 1130 g/mol. The molecule has 0 bridgehead atoms. The molecule has 16 N–H and O–H groups in total. The molecule has 27 heteroatoms. The molecule has 9 aliphatic rings. The third-order valence-corrected chi connectivity index (χ3v) is 21.6. The number of ether oxygens (including phenoxy) is 10. The van der Waals surface area contributed by atoms with E-state index in [1.54, 1.807) is 32.9 Å². The number of fused-ring (bicyclic) bond motifs is 5. The minimum Gasteiger partial charge on any atom is -0.396 e. The molecule has 0 aromatic carbocycles. The summed E-state index contributed by atoms with van der Waals surface area (Å²) in [6.07, 6.45) is -33.4. The van der Waals surface area contributed by atoms with Crippen molar-refractivity contribution in [3.05, 3.63) is 12.2 Å². The summed E-state index contributed by atoms with van der Waals surface area (Å²) < 4.78 is 61.2. The van der Waals surface area contributed by atoms with Crippen molar-refractivity contribution in [3.8, 4) is 0 Å². The molecule has 27 nitrogen and oxygen atoms in total. The van der Waals surface area contributed by atoms with Gasteiger partial charge in [0, 0.05) is 24.4 Å². The van der Waals surface area contributed by atoms with Gasteiger partial charge in [-0.2, -0.15) is 0 Å². The van der Waals surface area contributed by atoms with Gasteiger partial charge in [-0.25, -0.2) is 0 Å². The first-order chi connectivity index (χ1) is 39.7. The molecule has 0 radical (unpaired) electrons. The molecule has 490 valence electrons. The molecule has 4 aliphatic carbocycles. The van der Waals surface area contributed by atoms with Crippen LogP contribution in [0.4, 0.5) is 0 Å². The Kier molecular flexibility index (Phi) is 20.3. The van der Waals surface area contributed by atoms with Gasteiger partial charge in [-0.3, -0.25) is 4.79 Å². The molecule has 32 atom stereocenters. The molecule has 5 saturated heterocycles. The maximum atomic E-state index is 14.3. The highest BCUT2D eigenvalue weighted by Gasteiger charge is 2.73. The van der Waals surface area contributed by atoms with Crippen LogP contribution in [0.15, 0.2) is 12.2 Å². The van der Waals surface area contributed by atoms with E-state index in [9.17, 15) is 86.5 Å². The van der Waals surface area contributed by atoms with Crippen LogP contribution in [0.25, 0.3) is 0 Å². The first-order valence-corrected chi connectivity index (χ1v) is 30.1. The summed E-state index contributed by atoms with van der Waals surface area (Å²) in [6.45, 7) is 12.2. The minimum absolute atomic E-state index is 0.0250. The molecule has 0 amide bonds. The third-order valence-electron chi connectivity index (χ3n) is 21.6. The zero-order valence-corrected chi connectivity index (χ0v) is 49.7. The van der Waals surface area contributed by atoms with Crippen molar-refractivity contribution in [2.75, 3.05) is 33.0 Å². The van der Waals surface area contributed by atoms with Crippen LogP contribution in [0.3, 0.4) is 0 Å². The van der Waals surface area contributed by atoms with Crippen LogP contribution in [0.2, 0.25) is 0 Å². The topological polar surface area (TPSA) is 433 Å². The highest BCUT2D eigenvalue weighted by molar-refractivity contribution is 5.86. The number of carbonyl (C=O) groups excluding carboxylic acids is 1. The molecule has 5 heterocycles. The summed E-state index contributed by atoms with van der Waals surface area (Å²) in [5, 5.41) is 176. The summed E-state index contributed by atoms with van der Waals surface area (Å²) in [6, 6.07) is 0. The van der Waals surface area contributed by atoms with Gasteiger partial charge >= 0.3 is 0 Å². The van der Waals surface area contributed by atoms with Crippen molar-refractivity contribution < 1.29 is 134 Å². The number of carbonyl (C=O) groups is 1. The number of rotatable bonds is 17. The van der Waals surface area contributed by atoms with Crippen LogP contribution in [0, 0.1) is 45.3 Å². The lowest BCUT2D eigenvalue weighted by molar-refractivity contribution is -0.401. The predicted octanol–water partition coefficient (Wildman–Crippen LogP) is -3.92.